The topological polar surface area (TPSA) is 20.2 Å². The van der Waals surface area contributed by atoms with Crippen LogP contribution in [0, 0.1) is 6.92 Å². The van der Waals surface area contributed by atoms with Crippen LogP contribution in [0.1, 0.15) is 11.1 Å². The van der Waals surface area contributed by atoms with Gasteiger partial charge in [0.1, 0.15) is 5.75 Å². The molecular formula is C14H11F3O. The van der Waals surface area contributed by atoms with Crippen LogP contribution in [-0.2, 0) is 6.18 Å². The van der Waals surface area contributed by atoms with Gasteiger partial charge in [-0.3, -0.25) is 0 Å². The van der Waals surface area contributed by atoms with Crippen LogP contribution in [0.25, 0.3) is 11.1 Å². The van der Waals surface area contributed by atoms with Gasteiger partial charge in [-0.05, 0) is 41.8 Å². The predicted molar refractivity (Wildman–Crippen MR) is 63.3 cm³/mol. The lowest BCUT2D eigenvalue weighted by Crippen LogP contribution is -2.03. The highest BCUT2D eigenvalue weighted by Crippen LogP contribution is 2.32. The van der Waals surface area contributed by atoms with Gasteiger partial charge >= 0.3 is 6.18 Å². The van der Waals surface area contributed by atoms with Crippen LogP contribution in [0.5, 0.6) is 5.75 Å². The molecule has 0 fully saturated rings. The van der Waals surface area contributed by atoms with Gasteiger partial charge in [-0.2, -0.15) is 13.2 Å². The molecule has 1 N–H and O–H groups in total. The average Bonchev–Trinajstić information content (AvgIpc) is 2.32. The molecule has 0 aromatic heterocycles. The summed E-state index contributed by atoms with van der Waals surface area (Å²) in [6.45, 7) is 1.76. The maximum Gasteiger partial charge on any atom is 0.416 e. The van der Waals surface area contributed by atoms with Gasteiger partial charge in [0.15, 0.2) is 0 Å². The molecule has 0 saturated carbocycles. The lowest BCUT2D eigenvalue weighted by Gasteiger charge is -2.08. The number of hydrogen-bond acceptors (Lipinski definition) is 1. The molecule has 0 spiro atoms. The lowest BCUT2D eigenvalue weighted by atomic mass is 10.0. The van der Waals surface area contributed by atoms with Crippen LogP contribution in [0.2, 0.25) is 0 Å². The first-order valence-corrected chi connectivity index (χ1v) is 5.35. The molecule has 2 rings (SSSR count). The molecule has 94 valence electrons. The number of phenolic OH excluding ortho intramolecular Hbond substituents is 1. The molecular weight excluding hydrogens is 241 g/mol. The summed E-state index contributed by atoms with van der Waals surface area (Å²) < 4.78 is 37.2. The number of aryl methyl sites for hydroxylation is 1. The van der Waals surface area contributed by atoms with E-state index in [0.29, 0.717) is 11.1 Å². The van der Waals surface area contributed by atoms with Crippen molar-refractivity contribution in [1.29, 1.82) is 0 Å². The Labute approximate surface area is 103 Å². The number of phenols is 1. The van der Waals surface area contributed by atoms with Crippen molar-refractivity contribution in [3.63, 3.8) is 0 Å². The zero-order valence-electron chi connectivity index (χ0n) is 9.62. The molecule has 0 amide bonds. The maximum atomic E-state index is 12.4. The summed E-state index contributed by atoms with van der Waals surface area (Å²) >= 11 is 0. The maximum absolute atomic E-state index is 12.4. The number of rotatable bonds is 1. The Kier molecular flexibility index (Phi) is 3.03. The molecule has 0 radical (unpaired) electrons. The minimum absolute atomic E-state index is 0.132. The molecule has 0 aliphatic carbocycles. The van der Waals surface area contributed by atoms with E-state index in [1.165, 1.54) is 18.2 Å². The number of benzene rings is 2. The normalized spacial score (nSPS) is 11.6. The standard InChI is InChI=1S/C14H11F3O/c1-9-2-3-11(8-13(9)18)10-4-6-12(7-5-10)14(15,16)17/h2-8,18H,1H3. The molecule has 18 heavy (non-hydrogen) atoms. The summed E-state index contributed by atoms with van der Waals surface area (Å²) in [5.41, 5.74) is 1.37. The van der Waals surface area contributed by atoms with Crippen molar-refractivity contribution in [2.45, 2.75) is 13.1 Å². The fourth-order valence-electron chi connectivity index (χ4n) is 1.64. The summed E-state index contributed by atoms with van der Waals surface area (Å²) in [6, 6.07) is 9.89. The van der Waals surface area contributed by atoms with Crippen molar-refractivity contribution in [1.82, 2.24) is 0 Å². The molecule has 0 bridgehead atoms. The predicted octanol–water partition coefficient (Wildman–Crippen LogP) is 4.39. The fraction of sp³-hybridized carbons (Fsp3) is 0.143. The van der Waals surface area contributed by atoms with Crippen molar-refractivity contribution in [2.24, 2.45) is 0 Å². The lowest BCUT2D eigenvalue weighted by molar-refractivity contribution is -0.137. The first-order chi connectivity index (χ1) is 8.38. The Morgan fingerprint density at radius 1 is 0.889 bits per heavy atom. The molecule has 0 unspecified atom stereocenters. The van der Waals surface area contributed by atoms with E-state index in [-0.39, 0.29) is 5.75 Å². The first kappa shape index (κ1) is 12.5. The van der Waals surface area contributed by atoms with Gasteiger partial charge in [-0.25, -0.2) is 0 Å². The van der Waals surface area contributed by atoms with E-state index in [2.05, 4.69) is 0 Å². The Balaban J connectivity index is 2.37. The second-order valence-corrected chi connectivity index (χ2v) is 4.08. The zero-order valence-corrected chi connectivity index (χ0v) is 9.62. The summed E-state index contributed by atoms with van der Waals surface area (Å²) in [6.07, 6.45) is -4.33. The third-order valence-electron chi connectivity index (χ3n) is 2.75. The van der Waals surface area contributed by atoms with Crippen molar-refractivity contribution in [2.75, 3.05) is 0 Å². The van der Waals surface area contributed by atoms with Crippen LogP contribution in [-0.4, -0.2) is 5.11 Å². The van der Waals surface area contributed by atoms with Gasteiger partial charge < -0.3 is 5.11 Å². The van der Waals surface area contributed by atoms with Crippen LogP contribution in [0.15, 0.2) is 42.5 Å². The molecule has 0 atom stereocenters. The molecule has 1 nitrogen and oxygen atoms in total. The van der Waals surface area contributed by atoms with Gasteiger partial charge in [0, 0.05) is 0 Å². The Morgan fingerprint density at radius 3 is 1.94 bits per heavy atom. The Morgan fingerprint density at radius 2 is 1.44 bits per heavy atom. The molecule has 0 aliphatic rings. The summed E-state index contributed by atoms with van der Waals surface area (Å²) in [5, 5.41) is 9.57. The summed E-state index contributed by atoms with van der Waals surface area (Å²) in [5.74, 6) is 0.132. The van der Waals surface area contributed by atoms with Gasteiger partial charge in [-0.1, -0.05) is 24.3 Å². The quantitative estimate of drug-likeness (QED) is 0.798. The van der Waals surface area contributed by atoms with Crippen molar-refractivity contribution < 1.29 is 18.3 Å². The van der Waals surface area contributed by atoms with E-state index >= 15 is 0 Å². The molecule has 0 saturated heterocycles. The monoisotopic (exact) mass is 252 g/mol. The van der Waals surface area contributed by atoms with Gasteiger partial charge in [0.2, 0.25) is 0 Å². The van der Waals surface area contributed by atoms with Gasteiger partial charge in [0.05, 0.1) is 5.56 Å². The van der Waals surface area contributed by atoms with Crippen LogP contribution >= 0.6 is 0 Å². The van der Waals surface area contributed by atoms with Crippen molar-refractivity contribution >= 4 is 0 Å². The highest BCUT2D eigenvalue weighted by atomic mass is 19.4. The average molecular weight is 252 g/mol. The van der Waals surface area contributed by atoms with E-state index in [9.17, 15) is 18.3 Å². The van der Waals surface area contributed by atoms with Crippen molar-refractivity contribution in [3.8, 4) is 16.9 Å². The molecule has 0 heterocycles. The minimum atomic E-state index is -4.33. The molecule has 2 aromatic rings. The van der Waals surface area contributed by atoms with Gasteiger partial charge in [-0.15, -0.1) is 0 Å². The van der Waals surface area contributed by atoms with E-state index in [0.717, 1.165) is 17.7 Å². The van der Waals surface area contributed by atoms with Crippen LogP contribution in [0.3, 0.4) is 0 Å². The molecule has 0 aliphatic heterocycles. The third kappa shape index (κ3) is 2.47. The largest absolute Gasteiger partial charge is 0.508 e. The summed E-state index contributed by atoms with van der Waals surface area (Å²) in [7, 11) is 0. The SMILES string of the molecule is Cc1ccc(-c2ccc(C(F)(F)F)cc2)cc1O. The first-order valence-electron chi connectivity index (χ1n) is 5.35. The smallest absolute Gasteiger partial charge is 0.416 e. The fourth-order valence-corrected chi connectivity index (χ4v) is 1.64. The highest BCUT2D eigenvalue weighted by molar-refractivity contribution is 5.66. The second-order valence-electron chi connectivity index (χ2n) is 4.08. The molecule has 4 heteroatoms. The van der Waals surface area contributed by atoms with Crippen molar-refractivity contribution in [3.05, 3.63) is 53.6 Å². The highest BCUT2D eigenvalue weighted by Gasteiger charge is 2.29. The Hall–Kier alpha value is -1.97. The van der Waals surface area contributed by atoms with E-state index in [1.807, 2.05) is 0 Å². The van der Waals surface area contributed by atoms with Crippen LogP contribution < -0.4 is 0 Å². The number of halogens is 3. The van der Waals surface area contributed by atoms with Crippen LogP contribution in [0.4, 0.5) is 13.2 Å². The number of hydrogen-bond donors (Lipinski definition) is 1. The number of aromatic hydroxyl groups is 1. The Bertz CT molecular complexity index is 556. The van der Waals surface area contributed by atoms with Gasteiger partial charge in [0.25, 0.3) is 0 Å². The second kappa shape index (κ2) is 4.37. The summed E-state index contributed by atoms with van der Waals surface area (Å²) in [4.78, 5) is 0. The third-order valence-corrected chi connectivity index (χ3v) is 2.75. The zero-order chi connectivity index (χ0) is 13.3. The van der Waals surface area contributed by atoms with E-state index < -0.39 is 11.7 Å². The molecule has 2 aromatic carbocycles. The van der Waals surface area contributed by atoms with E-state index in [1.54, 1.807) is 19.1 Å². The minimum Gasteiger partial charge on any atom is -0.508 e. The van der Waals surface area contributed by atoms with E-state index in [4.69, 9.17) is 0 Å². The number of alkyl halides is 3.